The van der Waals surface area contributed by atoms with Crippen LogP contribution in [0.5, 0.6) is 0 Å². The van der Waals surface area contributed by atoms with E-state index in [1.807, 2.05) is 19.1 Å². The second kappa shape index (κ2) is 7.35. The molecule has 1 aromatic rings. The van der Waals surface area contributed by atoms with E-state index < -0.39 is 10.0 Å². The fourth-order valence-corrected chi connectivity index (χ4v) is 3.83. The van der Waals surface area contributed by atoms with Gasteiger partial charge >= 0.3 is 0 Å². The monoisotopic (exact) mass is 311 g/mol. The fraction of sp³-hybridized carbons (Fsp3) is 0.600. The Balaban J connectivity index is 1.77. The zero-order valence-electron chi connectivity index (χ0n) is 12.9. The SMILES string of the molecule is Cc1ccccc1S(=O)(=O)NCCCN1CCN(C)CC1. The number of hydrogen-bond acceptors (Lipinski definition) is 4. The minimum Gasteiger partial charge on any atom is -0.304 e. The van der Waals surface area contributed by atoms with Crippen molar-refractivity contribution in [2.75, 3.05) is 46.3 Å². The molecule has 0 aliphatic carbocycles. The highest BCUT2D eigenvalue weighted by Gasteiger charge is 2.16. The quantitative estimate of drug-likeness (QED) is 0.794. The van der Waals surface area contributed by atoms with Gasteiger partial charge in [0.05, 0.1) is 4.90 Å². The number of likely N-dealkylation sites (N-methyl/N-ethyl adjacent to an activating group) is 1. The maximum Gasteiger partial charge on any atom is 0.240 e. The molecule has 0 atom stereocenters. The molecule has 21 heavy (non-hydrogen) atoms. The Kier molecular flexibility index (Phi) is 5.75. The topological polar surface area (TPSA) is 52.7 Å². The lowest BCUT2D eigenvalue weighted by atomic mass is 10.2. The van der Waals surface area contributed by atoms with Crippen LogP contribution in [0.15, 0.2) is 29.2 Å². The predicted molar refractivity (Wildman–Crippen MR) is 84.9 cm³/mol. The lowest BCUT2D eigenvalue weighted by molar-refractivity contribution is 0.153. The Morgan fingerprint density at radius 2 is 1.81 bits per heavy atom. The van der Waals surface area contributed by atoms with Crippen molar-refractivity contribution in [1.82, 2.24) is 14.5 Å². The first-order valence-electron chi connectivity index (χ1n) is 7.45. The van der Waals surface area contributed by atoms with E-state index in [1.165, 1.54) is 0 Å². The number of benzene rings is 1. The molecule has 0 spiro atoms. The number of nitrogens with zero attached hydrogens (tertiary/aromatic N) is 2. The van der Waals surface area contributed by atoms with Crippen LogP contribution in [0, 0.1) is 6.92 Å². The van der Waals surface area contributed by atoms with Crippen molar-refractivity contribution in [2.24, 2.45) is 0 Å². The molecule has 118 valence electrons. The molecule has 0 saturated carbocycles. The van der Waals surface area contributed by atoms with Gasteiger partial charge in [-0.2, -0.15) is 0 Å². The maximum absolute atomic E-state index is 12.2. The zero-order chi connectivity index (χ0) is 15.3. The van der Waals surface area contributed by atoms with Crippen molar-refractivity contribution >= 4 is 10.0 Å². The van der Waals surface area contributed by atoms with Gasteiger partial charge in [0.2, 0.25) is 10.0 Å². The first kappa shape index (κ1) is 16.4. The van der Waals surface area contributed by atoms with Crippen LogP contribution >= 0.6 is 0 Å². The standard InChI is InChI=1S/C15H25N3O2S/c1-14-6-3-4-7-15(14)21(19,20)16-8-5-9-18-12-10-17(2)11-13-18/h3-4,6-7,16H,5,8-13H2,1-2H3. The molecule has 6 heteroatoms. The summed E-state index contributed by atoms with van der Waals surface area (Å²) >= 11 is 0. The Morgan fingerprint density at radius 1 is 1.14 bits per heavy atom. The van der Waals surface area contributed by atoms with Gasteiger partial charge in [-0.25, -0.2) is 13.1 Å². The van der Waals surface area contributed by atoms with Gasteiger partial charge in [-0.3, -0.25) is 0 Å². The van der Waals surface area contributed by atoms with Gasteiger partial charge in [0.15, 0.2) is 0 Å². The van der Waals surface area contributed by atoms with Crippen LogP contribution in [0.4, 0.5) is 0 Å². The van der Waals surface area contributed by atoms with Crippen molar-refractivity contribution in [3.05, 3.63) is 29.8 Å². The summed E-state index contributed by atoms with van der Waals surface area (Å²) in [6.45, 7) is 7.58. The lowest BCUT2D eigenvalue weighted by Crippen LogP contribution is -2.45. The number of nitrogens with one attached hydrogen (secondary N) is 1. The molecular weight excluding hydrogens is 286 g/mol. The highest BCUT2D eigenvalue weighted by molar-refractivity contribution is 7.89. The third kappa shape index (κ3) is 4.78. The Bertz CT molecular complexity index is 552. The predicted octanol–water partition coefficient (Wildman–Crippen LogP) is 0.911. The van der Waals surface area contributed by atoms with E-state index in [0.717, 1.165) is 44.7 Å². The number of piperazine rings is 1. The van der Waals surface area contributed by atoms with Crippen molar-refractivity contribution in [3.8, 4) is 0 Å². The first-order valence-corrected chi connectivity index (χ1v) is 8.93. The number of hydrogen-bond donors (Lipinski definition) is 1. The van der Waals surface area contributed by atoms with Crippen molar-refractivity contribution in [2.45, 2.75) is 18.2 Å². The van der Waals surface area contributed by atoms with Gasteiger partial charge in [-0.15, -0.1) is 0 Å². The Labute approximate surface area is 128 Å². The second-order valence-electron chi connectivity index (χ2n) is 5.66. The number of aryl methyl sites for hydroxylation is 1. The molecular formula is C15H25N3O2S. The van der Waals surface area contributed by atoms with Crippen molar-refractivity contribution < 1.29 is 8.42 Å². The number of sulfonamides is 1. The van der Waals surface area contributed by atoms with Crippen LogP contribution in [0.3, 0.4) is 0 Å². The second-order valence-corrected chi connectivity index (χ2v) is 7.40. The highest BCUT2D eigenvalue weighted by atomic mass is 32.2. The largest absolute Gasteiger partial charge is 0.304 e. The van der Waals surface area contributed by atoms with Crippen molar-refractivity contribution in [1.29, 1.82) is 0 Å². The molecule has 1 aromatic carbocycles. The summed E-state index contributed by atoms with van der Waals surface area (Å²) in [7, 11) is -1.25. The molecule has 5 nitrogen and oxygen atoms in total. The van der Waals surface area contributed by atoms with E-state index in [1.54, 1.807) is 12.1 Å². The summed E-state index contributed by atoms with van der Waals surface area (Å²) in [5, 5.41) is 0. The molecule has 1 heterocycles. The van der Waals surface area contributed by atoms with E-state index in [4.69, 9.17) is 0 Å². The van der Waals surface area contributed by atoms with E-state index in [0.29, 0.717) is 11.4 Å². The van der Waals surface area contributed by atoms with Gasteiger partial charge in [-0.1, -0.05) is 18.2 Å². The number of rotatable bonds is 6. The van der Waals surface area contributed by atoms with E-state index in [2.05, 4.69) is 21.6 Å². The summed E-state index contributed by atoms with van der Waals surface area (Å²) in [5.74, 6) is 0. The smallest absolute Gasteiger partial charge is 0.240 e. The average Bonchev–Trinajstić information content (AvgIpc) is 2.46. The third-order valence-electron chi connectivity index (χ3n) is 3.92. The molecule has 0 amide bonds. The lowest BCUT2D eigenvalue weighted by Gasteiger charge is -2.32. The third-order valence-corrected chi connectivity index (χ3v) is 5.54. The fourth-order valence-electron chi connectivity index (χ4n) is 2.52. The van der Waals surface area contributed by atoms with Crippen LogP contribution in [0.25, 0.3) is 0 Å². The van der Waals surface area contributed by atoms with Crippen LogP contribution in [-0.2, 0) is 10.0 Å². The average molecular weight is 311 g/mol. The van der Waals surface area contributed by atoms with Gasteiger partial charge in [0.1, 0.15) is 0 Å². The first-order chi connectivity index (χ1) is 9.99. The van der Waals surface area contributed by atoms with E-state index in [-0.39, 0.29) is 0 Å². The molecule has 1 fully saturated rings. The van der Waals surface area contributed by atoms with Crippen LogP contribution in [0.2, 0.25) is 0 Å². The Morgan fingerprint density at radius 3 is 2.48 bits per heavy atom. The Hall–Kier alpha value is -0.950. The maximum atomic E-state index is 12.2. The molecule has 2 rings (SSSR count). The van der Waals surface area contributed by atoms with Crippen molar-refractivity contribution in [3.63, 3.8) is 0 Å². The van der Waals surface area contributed by atoms with Gasteiger partial charge in [0.25, 0.3) is 0 Å². The molecule has 1 saturated heterocycles. The molecule has 1 aliphatic heterocycles. The van der Waals surface area contributed by atoms with Gasteiger partial charge < -0.3 is 9.80 Å². The molecule has 1 aliphatic rings. The zero-order valence-corrected chi connectivity index (χ0v) is 13.7. The molecule has 1 N–H and O–H groups in total. The summed E-state index contributed by atoms with van der Waals surface area (Å²) < 4.78 is 27.1. The highest BCUT2D eigenvalue weighted by Crippen LogP contribution is 2.13. The van der Waals surface area contributed by atoms with Crippen LogP contribution in [-0.4, -0.2) is 64.5 Å². The normalized spacial score (nSPS) is 18.0. The summed E-state index contributed by atoms with van der Waals surface area (Å²) in [4.78, 5) is 5.09. The molecule has 0 aromatic heterocycles. The van der Waals surface area contributed by atoms with Crippen LogP contribution in [0.1, 0.15) is 12.0 Å². The molecule has 0 radical (unpaired) electrons. The minimum atomic E-state index is -3.38. The summed E-state index contributed by atoms with van der Waals surface area (Å²) in [6.07, 6.45) is 0.842. The molecule has 0 unspecified atom stereocenters. The summed E-state index contributed by atoms with van der Waals surface area (Å²) in [6, 6.07) is 7.07. The van der Waals surface area contributed by atoms with Gasteiger partial charge in [-0.05, 0) is 38.6 Å². The summed E-state index contributed by atoms with van der Waals surface area (Å²) in [5.41, 5.74) is 0.782. The van der Waals surface area contributed by atoms with E-state index >= 15 is 0 Å². The van der Waals surface area contributed by atoms with E-state index in [9.17, 15) is 8.42 Å². The van der Waals surface area contributed by atoms with Gasteiger partial charge in [0, 0.05) is 32.7 Å². The molecule has 0 bridgehead atoms. The van der Waals surface area contributed by atoms with Crippen LogP contribution < -0.4 is 4.72 Å². The minimum absolute atomic E-state index is 0.379.